The summed E-state index contributed by atoms with van der Waals surface area (Å²) in [6, 6.07) is 7.11. The summed E-state index contributed by atoms with van der Waals surface area (Å²) >= 11 is 12.1. The lowest BCUT2D eigenvalue weighted by molar-refractivity contribution is 0.102. The van der Waals surface area contributed by atoms with Crippen molar-refractivity contribution in [1.29, 1.82) is 0 Å². The third-order valence-electron chi connectivity index (χ3n) is 3.23. The molecule has 1 aromatic carbocycles. The fourth-order valence-corrected chi connectivity index (χ4v) is 2.32. The van der Waals surface area contributed by atoms with Crippen LogP contribution in [0.2, 0.25) is 10.0 Å². The number of carbonyl (C=O) groups is 1. The first-order valence-electron chi connectivity index (χ1n) is 6.98. The van der Waals surface area contributed by atoms with E-state index >= 15 is 0 Å². The number of carbonyl (C=O) groups excluding carboxylic acids is 1. The highest BCUT2D eigenvalue weighted by molar-refractivity contribution is 6.40. The second-order valence-corrected chi connectivity index (χ2v) is 5.78. The lowest BCUT2D eigenvalue weighted by atomic mass is 10.2. The van der Waals surface area contributed by atoms with Gasteiger partial charge in [-0.1, -0.05) is 36.2 Å². The van der Waals surface area contributed by atoms with Crippen molar-refractivity contribution >= 4 is 40.5 Å². The number of pyridine rings is 1. The van der Waals surface area contributed by atoms with Crippen LogP contribution in [0, 0.1) is 0 Å². The molecule has 0 bridgehead atoms. The Balaban J connectivity index is 2.18. The Morgan fingerprint density at radius 2 is 1.95 bits per heavy atom. The van der Waals surface area contributed by atoms with E-state index < -0.39 is 0 Å². The van der Waals surface area contributed by atoms with E-state index in [-0.39, 0.29) is 5.91 Å². The van der Waals surface area contributed by atoms with E-state index in [0.29, 0.717) is 27.3 Å². The quantitative estimate of drug-likeness (QED) is 0.819. The highest BCUT2D eigenvalue weighted by Gasteiger charge is 2.12. The number of para-hydroxylation sites is 1. The maximum absolute atomic E-state index is 12.3. The smallest absolute Gasteiger partial charge is 0.257 e. The summed E-state index contributed by atoms with van der Waals surface area (Å²) in [5.41, 5.74) is 1.63. The van der Waals surface area contributed by atoms with Gasteiger partial charge in [-0.05, 0) is 31.5 Å². The molecule has 2 rings (SSSR count). The number of nitrogens with zero attached hydrogens (tertiary/aromatic N) is 1. The van der Waals surface area contributed by atoms with Crippen LogP contribution < -0.4 is 10.6 Å². The zero-order chi connectivity index (χ0) is 16.1. The number of anilines is 2. The molecular formula is C16H17Cl2N3O. The maximum Gasteiger partial charge on any atom is 0.257 e. The van der Waals surface area contributed by atoms with E-state index in [0.717, 1.165) is 12.1 Å². The average molecular weight is 338 g/mol. The van der Waals surface area contributed by atoms with Crippen LogP contribution in [-0.2, 0) is 0 Å². The van der Waals surface area contributed by atoms with E-state index in [2.05, 4.69) is 29.5 Å². The molecule has 0 fully saturated rings. The van der Waals surface area contributed by atoms with Crippen LogP contribution in [0.25, 0.3) is 0 Å². The largest absolute Gasteiger partial charge is 0.381 e. The molecule has 1 amide bonds. The van der Waals surface area contributed by atoms with E-state index in [4.69, 9.17) is 23.2 Å². The van der Waals surface area contributed by atoms with Crippen LogP contribution in [0.1, 0.15) is 30.6 Å². The molecule has 0 radical (unpaired) electrons. The zero-order valence-electron chi connectivity index (χ0n) is 12.4. The van der Waals surface area contributed by atoms with Gasteiger partial charge in [0.1, 0.15) is 0 Å². The number of hydrogen-bond donors (Lipinski definition) is 2. The molecule has 4 nitrogen and oxygen atoms in total. The van der Waals surface area contributed by atoms with Gasteiger partial charge in [-0.2, -0.15) is 0 Å². The summed E-state index contributed by atoms with van der Waals surface area (Å²) in [5, 5.41) is 6.78. The van der Waals surface area contributed by atoms with Crippen molar-refractivity contribution in [3.63, 3.8) is 0 Å². The monoisotopic (exact) mass is 337 g/mol. The van der Waals surface area contributed by atoms with Gasteiger partial charge >= 0.3 is 0 Å². The number of nitrogens with one attached hydrogen (secondary N) is 2. The van der Waals surface area contributed by atoms with Gasteiger partial charge in [0.2, 0.25) is 0 Å². The normalized spacial score (nSPS) is 11.8. The molecule has 1 heterocycles. The van der Waals surface area contributed by atoms with Gasteiger partial charge in [-0.3, -0.25) is 9.78 Å². The van der Waals surface area contributed by atoms with Gasteiger partial charge in [0.05, 0.1) is 27.0 Å². The first kappa shape index (κ1) is 16.6. The van der Waals surface area contributed by atoms with Crippen molar-refractivity contribution in [2.75, 3.05) is 10.6 Å². The lowest BCUT2D eigenvalue weighted by Crippen LogP contribution is -2.16. The summed E-state index contributed by atoms with van der Waals surface area (Å²) in [4.78, 5) is 16.4. The molecule has 1 aromatic heterocycles. The van der Waals surface area contributed by atoms with E-state index in [1.165, 1.54) is 6.20 Å². The molecule has 0 spiro atoms. The van der Waals surface area contributed by atoms with Crippen molar-refractivity contribution in [2.24, 2.45) is 0 Å². The average Bonchev–Trinajstić information content (AvgIpc) is 2.51. The predicted molar refractivity (Wildman–Crippen MR) is 92.0 cm³/mol. The zero-order valence-corrected chi connectivity index (χ0v) is 13.9. The van der Waals surface area contributed by atoms with Gasteiger partial charge in [0.25, 0.3) is 5.91 Å². The van der Waals surface area contributed by atoms with E-state index in [1.54, 1.807) is 30.5 Å². The summed E-state index contributed by atoms with van der Waals surface area (Å²) in [5.74, 6) is -0.310. The third kappa shape index (κ3) is 4.12. The van der Waals surface area contributed by atoms with E-state index in [9.17, 15) is 4.79 Å². The third-order valence-corrected chi connectivity index (χ3v) is 3.86. The first-order chi connectivity index (χ1) is 10.5. The molecule has 0 aliphatic rings. The van der Waals surface area contributed by atoms with Gasteiger partial charge in [-0.25, -0.2) is 0 Å². The molecule has 1 unspecified atom stereocenters. The molecule has 2 N–H and O–H groups in total. The maximum atomic E-state index is 12.3. The Hall–Kier alpha value is -1.78. The molecular weight excluding hydrogens is 321 g/mol. The second kappa shape index (κ2) is 7.47. The Labute approximate surface area is 139 Å². The standard InChI is InChI=1S/C16H17Cl2N3O/c1-3-10(2)20-12-7-11(8-19-9-12)16(22)21-15-13(17)5-4-6-14(15)18/h4-10,20H,3H2,1-2H3,(H,21,22). The summed E-state index contributed by atoms with van der Waals surface area (Å²) in [6.45, 7) is 4.15. The molecule has 0 saturated heterocycles. The molecule has 6 heteroatoms. The predicted octanol–water partition coefficient (Wildman–Crippen LogP) is 4.85. The van der Waals surface area contributed by atoms with Gasteiger partial charge in [0, 0.05) is 18.4 Å². The number of amides is 1. The van der Waals surface area contributed by atoms with Gasteiger partial charge < -0.3 is 10.6 Å². The number of halogens is 2. The number of rotatable bonds is 5. The van der Waals surface area contributed by atoms with E-state index in [1.807, 2.05) is 0 Å². The summed E-state index contributed by atoms with van der Waals surface area (Å²) < 4.78 is 0. The molecule has 0 saturated carbocycles. The van der Waals surface area contributed by atoms with Gasteiger partial charge in [0.15, 0.2) is 0 Å². The fourth-order valence-electron chi connectivity index (χ4n) is 1.83. The van der Waals surface area contributed by atoms with Crippen molar-refractivity contribution in [2.45, 2.75) is 26.3 Å². The number of aromatic nitrogens is 1. The minimum atomic E-state index is -0.310. The minimum Gasteiger partial charge on any atom is -0.381 e. The topological polar surface area (TPSA) is 54.0 Å². The Morgan fingerprint density at radius 1 is 1.27 bits per heavy atom. The molecule has 2 aromatic rings. The number of hydrogen-bond acceptors (Lipinski definition) is 3. The van der Waals surface area contributed by atoms with Crippen LogP contribution in [-0.4, -0.2) is 16.9 Å². The van der Waals surface area contributed by atoms with Crippen molar-refractivity contribution in [3.05, 3.63) is 52.3 Å². The molecule has 22 heavy (non-hydrogen) atoms. The van der Waals surface area contributed by atoms with Crippen molar-refractivity contribution < 1.29 is 4.79 Å². The van der Waals surface area contributed by atoms with Gasteiger partial charge in [-0.15, -0.1) is 0 Å². The van der Waals surface area contributed by atoms with Crippen molar-refractivity contribution in [1.82, 2.24) is 4.98 Å². The van der Waals surface area contributed by atoms with Crippen LogP contribution in [0.4, 0.5) is 11.4 Å². The Morgan fingerprint density at radius 3 is 2.59 bits per heavy atom. The lowest BCUT2D eigenvalue weighted by Gasteiger charge is -2.13. The Bertz CT molecular complexity index is 656. The highest BCUT2D eigenvalue weighted by atomic mass is 35.5. The van der Waals surface area contributed by atoms with Crippen LogP contribution >= 0.6 is 23.2 Å². The highest BCUT2D eigenvalue weighted by Crippen LogP contribution is 2.30. The summed E-state index contributed by atoms with van der Waals surface area (Å²) in [7, 11) is 0. The SMILES string of the molecule is CCC(C)Nc1cncc(C(=O)Nc2c(Cl)cccc2Cl)c1. The number of benzene rings is 1. The van der Waals surface area contributed by atoms with Crippen LogP contribution in [0.5, 0.6) is 0 Å². The fraction of sp³-hybridized carbons (Fsp3) is 0.250. The molecule has 0 aliphatic carbocycles. The van der Waals surface area contributed by atoms with Crippen LogP contribution in [0.3, 0.4) is 0 Å². The molecule has 0 aliphatic heterocycles. The molecule has 116 valence electrons. The summed E-state index contributed by atoms with van der Waals surface area (Å²) in [6.07, 6.45) is 4.17. The van der Waals surface area contributed by atoms with Crippen molar-refractivity contribution in [3.8, 4) is 0 Å². The van der Waals surface area contributed by atoms with Crippen LogP contribution in [0.15, 0.2) is 36.7 Å². The second-order valence-electron chi connectivity index (χ2n) is 4.97. The molecule has 1 atom stereocenters. The minimum absolute atomic E-state index is 0.304. The first-order valence-corrected chi connectivity index (χ1v) is 7.73. The Kier molecular flexibility index (Phi) is 5.63.